The Kier molecular flexibility index (Phi) is 9.48. The van der Waals surface area contributed by atoms with E-state index in [9.17, 15) is 14.4 Å². The Morgan fingerprint density at radius 1 is 0.946 bits per heavy atom. The third kappa shape index (κ3) is 8.62. The van der Waals surface area contributed by atoms with Crippen LogP contribution in [0.15, 0.2) is 77.0 Å². The van der Waals surface area contributed by atoms with Gasteiger partial charge >= 0.3 is 6.16 Å². The van der Waals surface area contributed by atoms with Gasteiger partial charge in [0.1, 0.15) is 17.2 Å². The number of carbonyl (C=O) groups excluding carboxylic acids is 3. The minimum atomic E-state index is -0.848. The lowest BCUT2D eigenvalue weighted by Crippen LogP contribution is -2.33. The quantitative estimate of drug-likeness (QED) is 0.207. The summed E-state index contributed by atoms with van der Waals surface area (Å²) < 4.78 is 15.2. The van der Waals surface area contributed by atoms with Crippen LogP contribution in [0.3, 0.4) is 0 Å². The van der Waals surface area contributed by atoms with E-state index in [1.807, 2.05) is 0 Å². The van der Waals surface area contributed by atoms with E-state index in [-0.39, 0.29) is 42.7 Å². The molecule has 2 amide bonds. The zero-order valence-corrected chi connectivity index (χ0v) is 20.2. The second-order valence-electron chi connectivity index (χ2n) is 7.69. The first-order valence-electron chi connectivity index (χ1n) is 11.2. The number of rotatable bonds is 10. The number of hydrogen-bond acceptors (Lipinski definition) is 10. The summed E-state index contributed by atoms with van der Waals surface area (Å²) in [6.45, 7) is 2.78. The van der Waals surface area contributed by atoms with E-state index in [0.717, 1.165) is 0 Å². The average Bonchev–Trinajstić information content (AvgIpc) is 2.87. The Hall–Kier alpha value is -5.00. The van der Waals surface area contributed by atoms with Gasteiger partial charge in [-0.2, -0.15) is 0 Å². The highest BCUT2D eigenvalue weighted by Crippen LogP contribution is 2.30. The number of ether oxygens (including phenoxy) is 3. The first-order valence-corrected chi connectivity index (χ1v) is 11.2. The first-order chi connectivity index (χ1) is 17.8. The van der Waals surface area contributed by atoms with Crippen molar-refractivity contribution in [2.24, 2.45) is 10.2 Å². The Labute approximate surface area is 212 Å². The van der Waals surface area contributed by atoms with Crippen molar-refractivity contribution in [1.82, 2.24) is 10.3 Å². The third-order valence-electron chi connectivity index (χ3n) is 4.47. The van der Waals surface area contributed by atoms with Crippen LogP contribution in [0.5, 0.6) is 5.75 Å². The summed E-state index contributed by atoms with van der Waals surface area (Å²) >= 11 is 0. The number of benzene rings is 2. The maximum atomic E-state index is 12.2. The van der Waals surface area contributed by atoms with Gasteiger partial charge in [-0.3, -0.25) is 9.59 Å². The lowest BCUT2D eigenvalue weighted by atomic mass is 10.2. The van der Waals surface area contributed by atoms with Crippen molar-refractivity contribution in [3.8, 4) is 5.75 Å². The molecular formula is C25H26N6O6. The molecule has 37 heavy (non-hydrogen) atoms. The monoisotopic (exact) mass is 506 g/mol. The van der Waals surface area contributed by atoms with Crippen LogP contribution in [0.25, 0.3) is 0 Å². The van der Waals surface area contributed by atoms with E-state index in [1.54, 1.807) is 68.4 Å². The van der Waals surface area contributed by atoms with Crippen molar-refractivity contribution in [3.05, 3.63) is 72.3 Å². The number of para-hydroxylation sites is 1. The molecule has 0 aliphatic carbocycles. The summed E-state index contributed by atoms with van der Waals surface area (Å²) in [5.74, 6) is -0.324. The number of azo groups is 1. The molecule has 2 aromatic carbocycles. The molecule has 12 nitrogen and oxygen atoms in total. The van der Waals surface area contributed by atoms with Crippen LogP contribution >= 0.6 is 0 Å². The fourth-order valence-electron chi connectivity index (χ4n) is 2.80. The van der Waals surface area contributed by atoms with Crippen LogP contribution in [0.1, 0.15) is 24.2 Å². The predicted molar refractivity (Wildman–Crippen MR) is 135 cm³/mol. The molecule has 0 atom stereocenters. The highest BCUT2D eigenvalue weighted by molar-refractivity contribution is 5.99. The molecule has 0 radical (unpaired) electrons. The Balaban J connectivity index is 1.55. The number of nitrogens with two attached hydrogens (primary N) is 1. The molecular weight excluding hydrogens is 480 g/mol. The van der Waals surface area contributed by atoms with Gasteiger partial charge in [0, 0.05) is 5.56 Å². The number of anilines is 2. The molecule has 0 spiro atoms. The van der Waals surface area contributed by atoms with Crippen LogP contribution in [0.4, 0.5) is 27.8 Å². The molecule has 0 aliphatic rings. The van der Waals surface area contributed by atoms with Gasteiger partial charge in [0.05, 0.1) is 12.6 Å². The average molecular weight is 507 g/mol. The zero-order chi connectivity index (χ0) is 26.6. The molecule has 0 aliphatic heterocycles. The van der Waals surface area contributed by atoms with Crippen molar-refractivity contribution in [2.75, 3.05) is 24.4 Å². The molecule has 3 rings (SSSR count). The van der Waals surface area contributed by atoms with Gasteiger partial charge in [0.2, 0.25) is 12.7 Å². The van der Waals surface area contributed by atoms with Gasteiger partial charge < -0.3 is 30.6 Å². The standard InChI is InChI=1S/C25H26N6O6/c1-16(2)37-25(34)36-15-35-20-11-7-6-10-18(20)30-31-19-12-13-21(29-23(19)26)28-22(32)14-27-24(33)17-8-4-3-5-9-17/h3-13,16H,14-15H2,1-2H3,(H,27,33)(H3,26,28,29,32)/b31-30+. The Morgan fingerprint density at radius 2 is 1.65 bits per heavy atom. The molecule has 3 aromatic rings. The number of nitrogens with zero attached hydrogens (tertiary/aromatic N) is 3. The van der Waals surface area contributed by atoms with Gasteiger partial charge in [0.25, 0.3) is 5.91 Å². The molecule has 4 N–H and O–H groups in total. The van der Waals surface area contributed by atoms with E-state index in [1.165, 1.54) is 12.1 Å². The van der Waals surface area contributed by atoms with Gasteiger partial charge in [-0.05, 0) is 50.2 Å². The minimum Gasteiger partial charge on any atom is -0.455 e. The lowest BCUT2D eigenvalue weighted by Gasteiger charge is -2.10. The summed E-state index contributed by atoms with van der Waals surface area (Å²) in [5.41, 5.74) is 7.01. The van der Waals surface area contributed by atoms with E-state index in [2.05, 4.69) is 25.8 Å². The number of nitrogens with one attached hydrogen (secondary N) is 2. The van der Waals surface area contributed by atoms with Crippen LogP contribution in [0, 0.1) is 0 Å². The van der Waals surface area contributed by atoms with Crippen LogP contribution in [-0.2, 0) is 14.3 Å². The molecule has 192 valence electrons. The minimum absolute atomic E-state index is 0.0213. The molecule has 0 saturated carbocycles. The maximum absolute atomic E-state index is 12.2. The lowest BCUT2D eigenvalue weighted by molar-refractivity contribution is -0.115. The normalized spacial score (nSPS) is 10.7. The number of nitrogen functional groups attached to an aromatic ring is 1. The summed E-state index contributed by atoms with van der Waals surface area (Å²) in [4.78, 5) is 39.8. The molecule has 0 bridgehead atoms. The zero-order valence-electron chi connectivity index (χ0n) is 20.2. The summed E-state index contributed by atoms with van der Waals surface area (Å²) in [5, 5.41) is 13.3. The summed E-state index contributed by atoms with van der Waals surface area (Å²) in [6.07, 6.45) is -1.16. The smallest absolute Gasteiger partial charge is 0.455 e. The highest BCUT2D eigenvalue weighted by atomic mass is 16.8. The van der Waals surface area contributed by atoms with Gasteiger partial charge in [-0.1, -0.05) is 30.3 Å². The number of carbonyl (C=O) groups is 3. The predicted octanol–water partition coefficient (Wildman–Crippen LogP) is 4.35. The topological polar surface area (TPSA) is 167 Å². The van der Waals surface area contributed by atoms with Crippen molar-refractivity contribution >= 4 is 41.0 Å². The molecule has 1 aromatic heterocycles. The van der Waals surface area contributed by atoms with Crippen molar-refractivity contribution in [2.45, 2.75) is 20.0 Å². The maximum Gasteiger partial charge on any atom is 0.511 e. The first kappa shape index (κ1) is 26.6. The van der Waals surface area contributed by atoms with Crippen molar-refractivity contribution < 1.29 is 28.6 Å². The molecule has 12 heteroatoms. The summed E-state index contributed by atoms with van der Waals surface area (Å²) in [6, 6.07) is 18.3. The number of pyridine rings is 1. The molecule has 0 saturated heterocycles. The van der Waals surface area contributed by atoms with E-state index < -0.39 is 12.1 Å². The van der Waals surface area contributed by atoms with Crippen LogP contribution < -0.4 is 21.1 Å². The summed E-state index contributed by atoms with van der Waals surface area (Å²) in [7, 11) is 0. The Morgan fingerprint density at radius 3 is 2.38 bits per heavy atom. The second kappa shape index (κ2) is 13.2. The second-order valence-corrected chi connectivity index (χ2v) is 7.69. The fourth-order valence-corrected chi connectivity index (χ4v) is 2.80. The van der Waals surface area contributed by atoms with E-state index >= 15 is 0 Å². The molecule has 0 unspecified atom stereocenters. The van der Waals surface area contributed by atoms with Crippen LogP contribution in [-0.4, -0.2) is 42.4 Å². The van der Waals surface area contributed by atoms with E-state index in [0.29, 0.717) is 17.0 Å². The SMILES string of the molecule is CC(C)OC(=O)OCOc1ccccc1/N=N/c1ccc(NC(=O)CNC(=O)c2ccccc2)nc1N. The van der Waals surface area contributed by atoms with Gasteiger partial charge in [-0.25, -0.2) is 9.78 Å². The number of amides is 2. The number of hydrogen-bond donors (Lipinski definition) is 3. The molecule has 0 fully saturated rings. The third-order valence-corrected chi connectivity index (χ3v) is 4.47. The Bertz CT molecular complexity index is 1270. The van der Waals surface area contributed by atoms with Gasteiger partial charge in [-0.15, -0.1) is 10.2 Å². The largest absolute Gasteiger partial charge is 0.511 e. The van der Waals surface area contributed by atoms with Gasteiger partial charge in [0.15, 0.2) is 11.6 Å². The van der Waals surface area contributed by atoms with Crippen LogP contribution in [0.2, 0.25) is 0 Å². The van der Waals surface area contributed by atoms with Crippen molar-refractivity contribution in [1.29, 1.82) is 0 Å². The van der Waals surface area contributed by atoms with E-state index in [4.69, 9.17) is 19.9 Å². The van der Waals surface area contributed by atoms with Crippen molar-refractivity contribution in [3.63, 3.8) is 0 Å². The molecule has 1 heterocycles. The highest BCUT2D eigenvalue weighted by Gasteiger charge is 2.11. The number of aromatic nitrogens is 1. The fraction of sp³-hybridized carbons (Fsp3) is 0.200.